The SMILES string of the molecule is CC[C@@H](Oc1ccc(F)cc1)C(=O)NCC(C)C. The molecule has 4 heteroatoms. The fourth-order valence-electron chi connectivity index (χ4n) is 1.42. The van der Waals surface area contributed by atoms with Crippen LogP contribution >= 0.6 is 0 Å². The van der Waals surface area contributed by atoms with E-state index < -0.39 is 6.10 Å². The van der Waals surface area contributed by atoms with Crippen molar-refractivity contribution in [1.82, 2.24) is 5.32 Å². The first kappa shape index (κ1) is 14.5. The second-order valence-corrected chi connectivity index (χ2v) is 4.61. The predicted molar refractivity (Wildman–Crippen MR) is 69.0 cm³/mol. The van der Waals surface area contributed by atoms with Gasteiger partial charge in [-0.25, -0.2) is 4.39 Å². The van der Waals surface area contributed by atoms with Crippen molar-refractivity contribution in [2.24, 2.45) is 5.92 Å². The van der Waals surface area contributed by atoms with Gasteiger partial charge in [-0.1, -0.05) is 20.8 Å². The second kappa shape index (κ2) is 6.99. The van der Waals surface area contributed by atoms with Crippen LogP contribution in [0.1, 0.15) is 27.2 Å². The Morgan fingerprint density at radius 1 is 1.33 bits per heavy atom. The number of hydrogen-bond acceptors (Lipinski definition) is 2. The molecule has 0 bridgehead atoms. The van der Waals surface area contributed by atoms with E-state index in [4.69, 9.17) is 4.74 Å². The van der Waals surface area contributed by atoms with Crippen LogP contribution in [0.3, 0.4) is 0 Å². The Morgan fingerprint density at radius 3 is 2.44 bits per heavy atom. The molecule has 0 saturated heterocycles. The molecule has 0 radical (unpaired) electrons. The van der Waals surface area contributed by atoms with Gasteiger partial charge in [0.25, 0.3) is 5.91 Å². The van der Waals surface area contributed by atoms with Gasteiger partial charge in [-0.15, -0.1) is 0 Å². The molecule has 1 amide bonds. The van der Waals surface area contributed by atoms with Gasteiger partial charge < -0.3 is 10.1 Å². The van der Waals surface area contributed by atoms with E-state index in [2.05, 4.69) is 5.32 Å². The largest absolute Gasteiger partial charge is 0.481 e. The van der Waals surface area contributed by atoms with E-state index in [1.165, 1.54) is 24.3 Å². The van der Waals surface area contributed by atoms with Crippen molar-refractivity contribution in [1.29, 1.82) is 0 Å². The molecule has 0 aliphatic rings. The Hall–Kier alpha value is -1.58. The van der Waals surface area contributed by atoms with E-state index in [0.717, 1.165) is 0 Å². The van der Waals surface area contributed by atoms with E-state index in [-0.39, 0.29) is 11.7 Å². The molecule has 0 saturated carbocycles. The summed E-state index contributed by atoms with van der Waals surface area (Å²) >= 11 is 0. The van der Waals surface area contributed by atoms with Crippen molar-refractivity contribution in [3.8, 4) is 5.75 Å². The molecule has 18 heavy (non-hydrogen) atoms. The lowest BCUT2D eigenvalue weighted by atomic mass is 10.2. The Bertz CT molecular complexity index is 376. The third-order valence-electron chi connectivity index (χ3n) is 2.44. The zero-order chi connectivity index (χ0) is 13.5. The minimum Gasteiger partial charge on any atom is -0.481 e. The van der Waals surface area contributed by atoms with Crippen LogP contribution in [0.25, 0.3) is 0 Å². The first-order chi connectivity index (χ1) is 8.52. The summed E-state index contributed by atoms with van der Waals surface area (Å²) in [5.41, 5.74) is 0. The number of amides is 1. The first-order valence-corrected chi connectivity index (χ1v) is 6.22. The molecular formula is C14H20FNO2. The highest BCUT2D eigenvalue weighted by molar-refractivity contribution is 5.81. The summed E-state index contributed by atoms with van der Waals surface area (Å²) in [4.78, 5) is 11.8. The highest BCUT2D eigenvalue weighted by Gasteiger charge is 2.18. The van der Waals surface area contributed by atoms with Crippen molar-refractivity contribution in [2.45, 2.75) is 33.3 Å². The van der Waals surface area contributed by atoms with Crippen molar-refractivity contribution in [3.63, 3.8) is 0 Å². The molecule has 0 aromatic heterocycles. The molecule has 1 aromatic carbocycles. The second-order valence-electron chi connectivity index (χ2n) is 4.61. The van der Waals surface area contributed by atoms with E-state index in [1.807, 2.05) is 20.8 Å². The van der Waals surface area contributed by atoms with Gasteiger partial charge >= 0.3 is 0 Å². The Kier molecular flexibility index (Phi) is 5.62. The van der Waals surface area contributed by atoms with Gasteiger partial charge in [0.05, 0.1) is 0 Å². The smallest absolute Gasteiger partial charge is 0.261 e. The van der Waals surface area contributed by atoms with Gasteiger partial charge in [0, 0.05) is 6.54 Å². The zero-order valence-electron chi connectivity index (χ0n) is 11.1. The summed E-state index contributed by atoms with van der Waals surface area (Å²) in [6, 6.07) is 5.67. The number of carbonyl (C=O) groups is 1. The quantitative estimate of drug-likeness (QED) is 0.846. The minimum absolute atomic E-state index is 0.129. The molecule has 100 valence electrons. The molecule has 0 fully saturated rings. The normalized spacial score (nSPS) is 12.3. The van der Waals surface area contributed by atoms with Crippen molar-refractivity contribution >= 4 is 5.91 Å². The molecule has 3 nitrogen and oxygen atoms in total. The van der Waals surface area contributed by atoms with Crippen LogP contribution in [0.2, 0.25) is 0 Å². The number of nitrogens with one attached hydrogen (secondary N) is 1. The third kappa shape index (κ3) is 4.73. The van der Waals surface area contributed by atoms with Crippen LogP contribution in [0, 0.1) is 11.7 Å². The van der Waals surface area contributed by atoms with Gasteiger partial charge in [0.15, 0.2) is 6.10 Å². The number of carbonyl (C=O) groups excluding carboxylic acids is 1. The first-order valence-electron chi connectivity index (χ1n) is 6.22. The predicted octanol–water partition coefficient (Wildman–Crippen LogP) is 2.76. The monoisotopic (exact) mass is 253 g/mol. The molecule has 0 spiro atoms. The molecular weight excluding hydrogens is 233 g/mol. The van der Waals surface area contributed by atoms with Crippen LogP contribution in [0.4, 0.5) is 4.39 Å². The molecule has 1 rings (SSSR count). The van der Waals surface area contributed by atoms with E-state index >= 15 is 0 Å². The highest BCUT2D eigenvalue weighted by atomic mass is 19.1. The zero-order valence-corrected chi connectivity index (χ0v) is 11.1. The maximum absolute atomic E-state index is 12.7. The van der Waals surface area contributed by atoms with Gasteiger partial charge in [-0.05, 0) is 36.6 Å². The lowest BCUT2D eigenvalue weighted by molar-refractivity contribution is -0.128. The van der Waals surface area contributed by atoms with Gasteiger partial charge in [-0.2, -0.15) is 0 Å². The number of ether oxygens (including phenoxy) is 1. The van der Waals surface area contributed by atoms with Crippen LogP contribution < -0.4 is 10.1 Å². The van der Waals surface area contributed by atoms with Crippen molar-refractivity contribution < 1.29 is 13.9 Å². The summed E-state index contributed by atoms with van der Waals surface area (Å²) in [6.07, 6.45) is 0.0376. The molecule has 0 unspecified atom stereocenters. The Balaban J connectivity index is 2.55. The molecule has 0 heterocycles. The minimum atomic E-state index is -0.533. The van der Waals surface area contributed by atoms with Gasteiger partial charge in [0.1, 0.15) is 11.6 Å². The Morgan fingerprint density at radius 2 is 1.94 bits per heavy atom. The van der Waals surface area contributed by atoms with E-state index in [1.54, 1.807) is 0 Å². The molecule has 0 aliphatic heterocycles. The highest BCUT2D eigenvalue weighted by Crippen LogP contribution is 2.14. The fraction of sp³-hybridized carbons (Fsp3) is 0.500. The van der Waals surface area contributed by atoms with Crippen LogP contribution in [0.15, 0.2) is 24.3 Å². The van der Waals surface area contributed by atoms with Crippen molar-refractivity contribution in [2.75, 3.05) is 6.54 Å². The van der Waals surface area contributed by atoms with Gasteiger partial charge in [0.2, 0.25) is 0 Å². The lowest BCUT2D eigenvalue weighted by Gasteiger charge is -2.18. The number of halogens is 1. The summed E-state index contributed by atoms with van der Waals surface area (Å²) in [5.74, 6) is 0.454. The van der Waals surface area contributed by atoms with Crippen molar-refractivity contribution in [3.05, 3.63) is 30.1 Å². The number of hydrogen-bond donors (Lipinski definition) is 1. The maximum Gasteiger partial charge on any atom is 0.261 e. The van der Waals surface area contributed by atoms with E-state index in [0.29, 0.717) is 24.6 Å². The van der Waals surface area contributed by atoms with Crippen LogP contribution in [0.5, 0.6) is 5.75 Å². The summed E-state index contributed by atoms with van der Waals surface area (Å²) in [7, 11) is 0. The molecule has 0 aliphatic carbocycles. The fourth-order valence-corrected chi connectivity index (χ4v) is 1.42. The molecule has 1 N–H and O–H groups in total. The molecule has 1 atom stereocenters. The van der Waals surface area contributed by atoms with Crippen LogP contribution in [-0.2, 0) is 4.79 Å². The topological polar surface area (TPSA) is 38.3 Å². The summed E-state index contributed by atoms with van der Waals surface area (Å²) in [5, 5.41) is 2.83. The number of benzene rings is 1. The summed E-state index contributed by atoms with van der Waals surface area (Å²) in [6.45, 7) is 6.56. The maximum atomic E-state index is 12.7. The average Bonchev–Trinajstić information content (AvgIpc) is 2.35. The third-order valence-corrected chi connectivity index (χ3v) is 2.44. The average molecular weight is 253 g/mol. The molecule has 1 aromatic rings. The van der Waals surface area contributed by atoms with E-state index in [9.17, 15) is 9.18 Å². The van der Waals surface area contributed by atoms with Gasteiger partial charge in [-0.3, -0.25) is 4.79 Å². The number of rotatable bonds is 6. The lowest BCUT2D eigenvalue weighted by Crippen LogP contribution is -2.39. The Labute approximate surface area is 107 Å². The standard InChI is InChI=1S/C14H20FNO2/c1-4-13(14(17)16-9-10(2)3)18-12-7-5-11(15)6-8-12/h5-8,10,13H,4,9H2,1-3H3,(H,16,17)/t13-/m1/s1. The van der Waals surface area contributed by atoms with Crippen LogP contribution in [-0.4, -0.2) is 18.6 Å². The summed E-state index contributed by atoms with van der Waals surface area (Å²) < 4.78 is 18.3.